The predicted octanol–water partition coefficient (Wildman–Crippen LogP) is 6.12. The van der Waals surface area contributed by atoms with Gasteiger partial charge in [0.2, 0.25) is 0 Å². The molecule has 0 saturated heterocycles. The maximum Gasteiger partial charge on any atom is 0.320 e. The Kier molecular flexibility index (Phi) is 6.03. The van der Waals surface area contributed by atoms with Crippen LogP contribution < -0.4 is 5.56 Å². The highest BCUT2D eigenvalue weighted by molar-refractivity contribution is 6.36. The first kappa shape index (κ1) is 23.0. The molecule has 0 radical (unpaired) electrons. The summed E-state index contributed by atoms with van der Waals surface area (Å²) in [5, 5.41) is 1.50. The van der Waals surface area contributed by atoms with Gasteiger partial charge in [0.1, 0.15) is 5.65 Å². The van der Waals surface area contributed by atoms with Crippen molar-refractivity contribution in [3.8, 4) is 11.1 Å². The lowest BCUT2D eigenvalue weighted by atomic mass is 10.0. The molecule has 0 unspecified atom stereocenters. The van der Waals surface area contributed by atoms with Gasteiger partial charge in [0.25, 0.3) is 5.56 Å². The van der Waals surface area contributed by atoms with Crippen molar-refractivity contribution in [2.24, 2.45) is 7.05 Å². The number of hydrogen-bond acceptors (Lipinski definition) is 3. The number of carbonyl (C=O) groups excluding carboxylic acids is 1. The van der Waals surface area contributed by atoms with Crippen molar-refractivity contribution in [1.29, 1.82) is 0 Å². The Bertz CT molecular complexity index is 1500. The molecule has 4 aromatic rings. The molecule has 2 heterocycles. The van der Waals surface area contributed by atoms with Crippen LogP contribution in [-0.2, 0) is 7.05 Å². The number of pyridine rings is 1. The number of ketones is 1. The molecule has 33 heavy (non-hydrogen) atoms. The molecular weight excluding hydrogens is 471 g/mol. The molecule has 0 N–H and O–H groups in total. The van der Waals surface area contributed by atoms with Crippen molar-refractivity contribution in [3.05, 3.63) is 80.7 Å². The minimum Gasteiger partial charge on any atom is -0.383 e. The van der Waals surface area contributed by atoms with E-state index >= 15 is 0 Å². The second kappa shape index (κ2) is 8.65. The van der Waals surface area contributed by atoms with Crippen molar-refractivity contribution < 1.29 is 13.6 Å². The summed E-state index contributed by atoms with van der Waals surface area (Å²) in [5.41, 5.74) is 0.789. The van der Waals surface area contributed by atoms with Gasteiger partial charge in [-0.15, -0.1) is 0 Å². The number of hydrogen-bond donors (Lipinski definition) is 0. The van der Waals surface area contributed by atoms with E-state index in [0.29, 0.717) is 26.9 Å². The van der Waals surface area contributed by atoms with E-state index in [1.54, 1.807) is 43.4 Å². The van der Waals surface area contributed by atoms with Crippen LogP contribution in [0.1, 0.15) is 16.9 Å². The lowest BCUT2D eigenvalue weighted by Crippen LogP contribution is -2.21. The molecule has 9 heteroatoms. The zero-order valence-corrected chi connectivity index (χ0v) is 19.5. The number of halogens is 4. The molecule has 2 aromatic carbocycles. The zero-order valence-electron chi connectivity index (χ0n) is 17.9. The summed E-state index contributed by atoms with van der Waals surface area (Å²) >= 11 is 12.3. The van der Waals surface area contributed by atoms with Gasteiger partial charge in [0, 0.05) is 65.9 Å². The van der Waals surface area contributed by atoms with Crippen LogP contribution >= 0.6 is 23.2 Å². The molecule has 0 aliphatic rings. The first-order valence-corrected chi connectivity index (χ1v) is 10.7. The summed E-state index contributed by atoms with van der Waals surface area (Å²) in [4.78, 5) is 27.5. The number of rotatable bonds is 5. The Morgan fingerprint density at radius 2 is 1.76 bits per heavy atom. The van der Waals surface area contributed by atoms with E-state index in [1.807, 2.05) is 0 Å². The third-order valence-corrected chi connectivity index (χ3v) is 5.93. The first-order valence-electron chi connectivity index (χ1n) is 9.90. The number of nitrogens with zero attached hydrogens (tertiary/aromatic N) is 3. The van der Waals surface area contributed by atoms with E-state index in [2.05, 4.69) is 0 Å². The number of aryl methyl sites for hydroxylation is 1. The summed E-state index contributed by atoms with van der Waals surface area (Å²) in [6, 6.07) is 10.8. The zero-order chi connectivity index (χ0) is 24.0. The number of fused-ring (bicyclic) bond motifs is 3. The van der Waals surface area contributed by atoms with E-state index in [1.165, 1.54) is 42.0 Å². The van der Waals surface area contributed by atoms with Gasteiger partial charge >= 0.3 is 6.55 Å². The Labute approximate surface area is 198 Å². The van der Waals surface area contributed by atoms with Gasteiger partial charge < -0.3 is 4.90 Å². The van der Waals surface area contributed by atoms with Crippen LogP contribution in [0.4, 0.5) is 8.78 Å². The Morgan fingerprint density at radius 1 is 1.03 bits per heavy atom. The third kappa shape index (κ3) is 4.03. The maximum absolute atomic E-state index is 14.1. The lowest BCUT2D eigenvalue weighted by molar-refractivity contribution is 0.0785. The van der Waals surface area contributed by atoms with Crippen molar-refractivity contribution in [3.63, 3.8) is 0 Å². The standard InChI is InChI=1S/C24H19Cl2F2N3O2/c1-29(2)9-8-21(32)13-4-7-20-16(10-13)17-12-18(15-6-5-14(25)11-19(15)26)23(33)30(3)22(17)31(20)24(27)28/h4-12,24H,1-3H3/b9-8+. The topological polar surface area (TPSA) is 47.2 Å². The van der Waals surface area contributed by atoms with Gasteiger partial charge in [-0.2, -0.15) is 8.78 Å². The van der Waals surface area contributed by atoms with E-state index in [0.717, 1.165) is 4.57 Å². The molecular formula is C24H19Cl2F2N3O2. The first-order chi connectivity index (χ1) is 15.6. The monoisotopic (exact) mass is 489 g/mol. The minimum atomic E-state index is -2.89. The van der Waals surface area contributed by atoms with Crippen LogP contribution in [0.2, 0.25) is 10.0 Å². The van der Waals surface area contributed by atoms with E-state index in [4.69, 9.17) is 23.2 Å². The molecule has 0 spiro atoms. The van der Waals surface area contributed by atoms with Crippen molar-refractivity contribution >= 4 is 50.9 Å². The highest BCUT2D eigenvalue weighted by Gasteiger charge is 2.23. The fourth-order valence-corrected chi connectivity index (χ4v) is 4.37. The van der Waals surface area contributed by atoms with Gasteiger partial charge in [-0.3, -0.25) is 18.7 Å². The average Bonchev–Trinajstić information content (AvgIpc) is 3.09. The smallest absolute Gasteiger partial charge is 0.320 e. The van der Waals surface area contributed by atoms with Crippen LogP contribution in [0.15, 0.2) is 59.5 Å². The van der Waals surface area contributed by atoms with Gasteiger partial charge in [0.15, 0.2) is 5.78 Å². The molecule has 4 rings (SSSR count). The quantitative estimate of drug-likeness (QED) is 0.250. The summed E-state index contributed by atoms with van der Waals surface area (Å²) in [7, 11) is 5.00. The molecule has 0 fully saturated rings. The van der Waals surface area contributed by atoms with Gasteiger partial charge in [-0.1, -0.05) is 29.3 Å². The average molecular weight is 490 g/mol. The highest BCUT2D eigenvalue weighted by Crippen LogP contribution is 2.36. The summed E-state index contributed by atoms with van der Waals surface area (Å²) in [6.45, 7) is -2.89. The van der Waals surface area contributed by atoms with Gasteiger partial charge in [-0.25, -0.2) is 0 Å². The third-order valence-electron chi connectivity index (χ3n) is 5.38. The second-order valence-electron chi connectivity index (χ2n) is 7.81. The van der Waals surface area contributed by atoms with Crippen molar-refractivity contribution in [1.82, 2.24) is 14.0 Å². The molecule has 0 atom stereocenters. The molecule has 0 aliphatic carbocycles. The molecule has 2 aromatic heterocycles. The Balaban J connectivity index is 2.07. The fraction of sp³-hybridized carbons (Fsp3) is 0.167. The van der Waals surface area contributed by atoms with Crippen LogP contribution in [0.5, 0.6) is 0 Å². The van der Waals surface area contributed by atoms with Crippen LogP contribution in [-0.4, -0.2) is 33.9 Å². The second-order valence-corrected chi connectivity index (χ2v) is 8.65. The molecule has 0 aliphatic heterocycles. The Hall–Kier alpha value is -3.16. The Morgan fingerprint density at radius 3 is 2.39 bits per heavy atom. The number of aromatic nitrogens is 2. The molecule has 0 amide bonds. The maximum atomic E-state index is 14.1. The van der Waals surface area contributed by atoms with Crippen molar-refractivity contribution in [2.75, 3.05) is 14.1 Å². The summed E-state index contributed by atoms with van der Waals surface area (Å²) < 4.78 is 30.2. The van der Waals surface area contributed by atoms with E-state index in [9.17, 15) is 18.4 Å². The van der Waals surface area contributed by atoms with Gasteiger partial charge in [-0.05, 0) is 36.4 Å². The SMILES string of the molecule is CN(C)/C=C/C(=O)c1ccc2c(c1)c1cc(-c3ccc(Cl)cc3Cl)c(=O)n(C)c1n2C(F)F. The van der Waals surface area contributed by atoms with E-state index in [-0.39, 0.29) is 27.5 Å². The minimum absolute atomic E-state index is 0.0484. The summed E-state index contributed by atoms with van der Waals surface area (Å²) in [5.74, 6) is -0.269. The van der Waals surface area contributed by atoms with Crippen LogP contribution in [0.25, 0.3) is 33.1 Å². The molecule has 0 bridgehead atoms. The lowest BCUT2D eigenvalue weighted by Gasteiger charge is -2.11. The fourth-order valence-electron chi connectivity index (χ4n) is 3.86. The molecule has 5 nitrogen and oxygen atoms in total. The van der Waals surface area contributed by atoms with Gasteiger partial charge in [0.05, 0.1) is 10.5 Å². The highest BCUT2D eigenvalue weighted by atomic mass is 35.5. The van der Waals surface area contributed by atoms with Crippen molar-refractivity contribution in [2.45, 2.75) is 6.55 Å². The number of benzene rings is 2. The normalized spacial score (nSPS) is 11.9. The number of allylic oxidation sites excluding steroid dienone is 1. The molecule has 170 valence electrons. The van der Waals surface area contributed by atoms with E-state index < -0.39 is 12.1 Å². The number of alkyl halides is 2. The summed E-state index contributed by atoms with van der Waals surface area (Å²) in [6.07, 6.45) is 3.02. The van der Waals surface area contributed by atoms with Crippen LogP contribution in [0, 0.1) is 0 Å². The number of carbonyl (C=O) groups is 1. The van der Waals surface area contributed by atoms with Crippen LogP contribution in [0.3, 0.4) is 0 Å². The largest absolute Gasteiger partial charge is 0.383 e. The predicted molar refractivity (Wildman–Crippen MR) is 129 cm³/mol. The molecule has 0 saturated carbocycles.